The number of nitrogens with one attached hydrogen (secondary N) is 3. The van der Waals surface area contributed by atoms with E-state index >= 15 is 0 Å². The molecule has 2 rings (SSSR count). The van der Waals surface area contributed by atoms with Crippen LogP contribution in [0, 0.1) is 18.8 Å². The number of aliphatic imine (C=N–C) groups is 1. The van der Waals surface area contributed by atoms with E-state index in [2.05, 4.69) is 34.8 Å². The Kier molecular flexibility index (Phi) is 10.8. The van der Waals surface area contributed by atoms with Gasteiger partial charge in [-0.05, 0) is 56.9 Å². The Hall–Kier alpha value is -1.25. The van der Waals surface area contributed by atoms with Crippen molar-refractivity contribution in [2.24, 2.45) is 16.8 Å². The van der Waals surface area contributed by atoms with E-state index in [9.17, 15) is 4.79 Å². The minimum absolute atomic E-state index is 0. The number of guanidine groups is 1. The van der Waals surface area contributed by atoms with Crippen molar-refractivity contribution < 1.29 is 9.21 Å². The van der Waals surface area contributed by atoms with Crippen molar-refractivity contribution in [1.29, 1.82) is 0 Å². The molecule has 27 heavy (non-hydrogen) atoms. The molecule has 1 aliphatic rings. The Bertz CT molecular complexity index is 593. The Balaban J connectivity index is 0.00000364. The third kappa shape index (κ3) is 7.71. The van der Waals surface area contributed by atoms with E-state index in [1.54, 1.807) is 13.1 Å². The second-order valence-corrected chi connectivity index (χ2v) is 7.54. The lowest BCUT2D eigenvalue weighted by molar-refractivity contribution is 0.0925. The van der Waals surface area contributed by atoms with Gasteiger partial charge in [-0.1, -0.05) is 13.8 Å². The Morgan fingerprint density at radius 1 is 1.22 bits per heavy atom. The molecule has 0 saturated heterocycles. The zero-order chi connectivity index (χ0) is 18.9. The first-order valence-corrected chi connectivity index (χ1v) is 9.80. The van der Waals surface area contributed by atoms with Crippen LogP contribution in [0.1, 0.15) is 62.1 Å². The lowest BCUT2D eigenvalue weighted by atomic mass is 9.80. The van der Waals surface area contributed by atoms with Crippen molar-refractivity contribution in [2.45, 2.75) is 58.9 Å². The summed E-state index contributed by atoms with van der Waals surface area (Å²) in [4.78, 5) is 16.3. The molecule has 1 fully saturated rings. The first-order valence-electron chi connectivity index (χ1n) is 9.80. The quantitative estimate of drug-likeness (QED) is 0.236. The molecule has 6 nitrogen and oxygen atoms in total. The first kappa shape index (κ1) is 23.8. The monoisotopic (exact) mass is 490 g/mol. The summed E-state index contributed by atoms with van der Waals surface area (Å²) >= 11 is 0. The van der Waals surface area contributed by atoms with Crippen LogP contribution in [0.4, 0.5) is 0 Å². The average molecular weight is 490 g/mol. The summed E-state index contributed by atoms with van der Waals surface area (Å²) in [5.41, 5.74) is 0.859. The van der Waals surface area contributed by atoms with E-state index in [0.717, 1.165) is 36.3 Å². The number of hydrogen-bond acceptors (Lipinski definition) is 3. The topological polar surface area (TPSA) is 78.7 Å². The van der Waals surface area contributed by atoms with Crippen molar-refractivity contribution in [2.75, 3.05) is 20.1 Å². The van der Waals surface area contributed by atoms with Crippen molar-refractivity contribution >= 4 is 35.8 Å². The van der Waals surface area contributed by atoms with Gasteiger partial charge in [0.15, 0.2) is 11.7 Å². The highest BCUT2D eigenvalue weighted by Gasteiger charge is 2.23. The van der Waals surface area contributed by atoms with Crippen LogP contribution in [0.2, 0.25) is 0 Å². The van der Waals surface area contributed by atoms with Gasteiger partial charge in [-0.2, -0.15) is 0 Å². The molecule has 0 aromatic carbocycles. The SMILES string of the molecule is CN=C(NCCCNC(=O)c1occc1C)NC1CCC(C(C)C)CC1.I. The molecule has 1 heterocycles. The van der Waals surface area contributed by atoms with Crippen molar-refractivity contribution in [3.05, 3.63) is 23.7 Å². The van der Waals surface area contributed by atoms with Gasteiger partial charge in [-0.15, -0.1) is 24.0 Å². The molecule has 0 aliphatic heterocycles. The molecule has 1 saturated carbocycles. The highest BCUT2D eigenvalue weighted by molar-refractivity contribution is 14.0. The summed E-state index contributed by atoms with van der Waals surface area (Å²) in [6.45, 7) is 7.88. The minimum atomic E-state index is -0.156. The number of nitrogens with zero attached hydrogens (tertiary/aromatic N) is 1. The molecule has 1 aliphatic carbocycles. The predicted molar refractivity (Wildman–Crippen MR) is 121 cm³/mol. The molecular formula is C20H35IN4O2. The normalized spacial score (nSPS) is 20.1. The number of furan rings is 1. The van der Waals surface area contributed by atoms with Gasteiger partial charge in [0.2, 0.25) is 0 Å². The maximum Gasteiger partial charge on any atom is 0.287 e. The maximum absolute atomic E-state index is 12.0. The molecule has 0 unspecified atom stereocenters. The second-order valence-electron chi connectivity index (χ2n) is 7.54. The average Bonchev–Trinajstić information content (AvgIpc) is 3.06. The summed E-state index contributed by atoms with van der Waals surface area (Å²) in [6.07, 6.45) is 7.38. The maximum atomic E-state index is 12.0. The van der Waals surface area contributed by atoms with E-state index in [-0.39, 0.29) is 29.9 Å². The minimum Gasteiger partial charge on any atom is -0.459 e. The molecule has 1 aromatic heterocycles. The summed E-state index contributed by atoms with van der Waals surface area (Å²) in [5, 5.41) is 9.75. The zero-order valence-electron chi connectivity index (χ0n) is 17.0. The van der Waals surface area contributed by atoms with Gasteiger partial charge in [0, 0.05) is 31.7 Å². The van der Waals surface area contributed by atoms with Crippen molar-refractivity contribution in [3.8, 4) is 0 Å². The number of carbonyl (C=O) groups is 1. The smallest absolute Gasteiger partial charge is 0.287 e. The van der Waals surface area contributed by atoms with Gasteiger partial charge < -0.3 is 20.4 Å². The van der Waals surface area contributed by atoms with Crippen LogP contribution in [-0.4, -0.2) is 38.0 Å². The first-order chi connectivity index (χ1) is 12.5. The summed E-state index contributed by atoms with van der Waals surface area (Å²) < 4.78 is 5.19. The largest absolute Gasteiger partial charge is 0.459 e. The van der Waals surface area contributed by atoms with E-state index in [0.29, 0.717) is 18.3 Å². The molecule has 1 aromatic rings. The third-order valence-corrected chi connectivity index (χ3v) is 5.28. The van der Waals surface area contributed by atoms with Gasteiger partial charge in [-0.3, -0.25) is 9.79 Å². The van der Waals surface area contributed by atoms with E-state index in [1.807, 2.05) is 6.92 Å². The standard InChI is InChI=1S/C20H34N4O2.HI/c1-14(2)16-6-8-17(9-7-16)24-20(21-4)23-12-5-11-22-19(25)18-15(3)10-13-26-18;/h10,13-14,16-17H,5-9,11-12H2,1-4H3,(H,22,25)(H2,21,23,24);1H. The number of aryl methyl sites for hydroxylation is 1. The molecule has 3 N–H and O–H groups in total. The van der Waals surface area contributed by atoms with Crippen LogP contribution < -0.4 is 16.0 Å². The zero-order valence-corrected chi connectivity index (χ0v) is 19.3. The Labute approximate surface area is 180 Å². The van der Waals surface area contributed by atoms with Gasteiger partial charge in [0.05, 0.1) is 6.26 Å². The molecule has 0 radical (unpaired) electrons. The Morgan fingerprint density at radius 3 is 2.44 bits per heavy atom. The van der Waals surface area contributed by atoms with E-state index in [1.165, 1.54) is 31.9 Å². The van der Waals surface area contributed by atoms with Crippen LogP contribution in [0.3, 0.4) is 0 Å². The fourth-order valence-corrected chi connectivity index (χ4v) is 3.50. The van der Waals surface area contributed by atoms with Crippen LogP contribution in [-0.2, 0) is 0 Å². The predicted octanol–water partition coefficient (Wildman–Crippen LogP) is 3.71. The second kappa shape index (κ2) is 12.3. The number of carbonyl (C=O) groups excluding carboxylic acids is 1. The third-order valence-electron chi connectivity index (χ3n) is 5.28. The van der Waals surface area contributed by atoms with E-state index in [4.69, 9.17) is 4.42 Å². The molecule has 0 spiro atoms. The molecule has 7 heteroatoms. The van der Waals surface area contributed by atoms with Crippen LogP contribution in [0.5, 0.6) is 0 Å². The van der Waals surface area contributed by atoms with Crippen LogP contribution >= 0.6 is 24.0 Å². The fourth-order valence-electron chi connectivity index (χ4n) is 3.50. The number of hydrogen-bond donors (Lipinski definition) is 3. The summed E-state index contributed by atoms with van der Waals surface area (Å²) in [5.74, 6) is 2.74. The van der Waals surface area contributed by atoms with Crippen LogP contribution in [0.15, 0.2) is 21.7 Å². The lowest BCUT2D eigenvalue weighted by Crippen LogP contribution is -2.45. The number of amides is 1. The Morgan fingerprint density at radius 2 is 1.89 bits per heavy atom. The van der Waals surface area contributed by atoms with Gasteiger partial charge >= 0.3 is 0 Å². The van der Waals surface area contributed by atoms with Gasteiger partial charge in [0.25, 0.3) is 5.91 Å². The fraction of sp³-hybridized carbons (Fsp3) is 0.700. The molecule has 1 amide bonds. The highest BCUT2D eigenvalue weighted by atomic mass is 127. The summed E-state index contributed by atoms with van der Waals surface area (Å²) in [6, 6.07) is 2.30. The van der Waals surface area contributed by atoms with Gasteiger partial charge in [-0.25, -0.2) is 0 Å². The molecule has 0 atom stereocenters. The molecule has 154 valence electrons. The summed E-state index contributed by atoms with van der Waals surface area (Å²) in [7, 11) is 1.80. The van der Waals surface area contributed by atoms with Crippen molar-refractivity contribution in [3.63, 3.8) is 0 Å². The van der Waals surface area contributed by atoms with Crippen molar-refractivity contribution in [1.82, 2.24) is 16.0 Å². The molecule has 0 bridgehead atoms. The number of halogens is 1. The van der Waals surface area contributed by atoms with Gasteiger partial charge in [0.1, 0.15) is 0 Å². The number of rotatable bonds is 7. The molecular weight excluding hydrogens is 455 g/mol. The van der Waals surface area contributed by atoms with E-state index < -0.39 is 0 Å². The van der Waals surface area contributed by atoms with Crippen LogP contribution in [0.25, 0.3) is 0 Å². The highest BCUT2D eigenvalue weighted by Crippen LogP contribution is 2.29. The lowest BCUT2D eigenvalue weighted by Gasteiger charge is -2.32.